The predicted octanol–water partition coefficient (Wildman–Crippen LogP) is 3.56. The standard InChI is InChI=1S/C29H28N8O2/c1-17-7-8-21-20(16-33-36-21)24(17)19-15-23(34-26(25(19)30)27(31)38)22-9-12-32-28(35-22)37-13-10-29(39,11-14-37)18-5-3-2-4-6-18/h2-9,12,15-16,39H,10-11,13-14,30H2,1H3,(H2,31,38)(H,33,36). The van der Waals surface area contributed by atoms with Gasteiger partial charge in [0.05, 0.1) is 34.4 Å². The van der Waals surface area contributed by atoms with Crippen LogP contribution in [0.3, 0.4) is 0 Å². The van der Waals surface area contributed by atoms with Crippen LogP contribution in [0, 0.1) is 6.92 Å². The molecule has 39 heavy (non-hydrogen) atoms. The maximum atomic E-state index is 12.4. The quantitative estimate of drug-likeness (QED) is 0.274. The fourth-order valence-corrected chi connectivity index (χ4v) is 5.32. The molecule has 0 unspecified atom stereocenters. The van der Waals surface area contributed by atoms with Crippen LogP contribution in [0.25, 0.3) is 33.4 Å². The van der Waals surface area contributed by atoms with E-state index in [1.165, 1.54) is 0 Å². The highest BCUT2D eigenvalue weighted by molar-refractivity contribution is 6.05. The minimum absolute atomic E-state index is 0.0199. The van der Waals surface area contributed by atoms with Gasteiger partial charge in [0.25, 0.3) is 5.91 Å². The smallest absolute Gasteiger partial charge is 0.269 e. The topological polar surface area (TPSA) is 160 Å². The number of hydrogen-bond acceptors (Lipinski definition) is 8. The van der Waals surface area contributed by atoms with Crippen molar-refractivity contribution in [1.29, 1.82) is 0 Å². The first-order valence-corrected chi connectivity index (χ1v) is 12.7. The number of hydrogen-bond donors (Lipinski definition) is 4. The average molecular weight is 521 g/mol. The molecule has 1 saturated heterocycles. The number of nitrogens with one attached hydrogen (secondary N) is 1. The highest BCUT2D eigenvalue weighted by atomic mass is 16.3. The van der Waals surface area contributed by atoms with E-state index in [0.29, 0.717) is 48.8 Å². The first-order chi connectivity index (χ1) is 18.8. The van der Waals surface area contributed by atoms with Gasteiger partial charge in [-0.2, -0.15) is 5.10 Å². The Hall–Kier alpha value is -4.83. The normalized spacial score (nSPS) is 15.0. The number of rotatable bonds is 5. The van der Waals surface area contributed by atoms with Crippen molar-refractivity contribution in [3.63, 3.8) is 0 Å². The zero-order chi connectivity index (χ0) is 27.1. The fourth-order valence-electron chi connectivity index (χ4n) is 5.32. The van der Waals surface area contributed by atoms with Crippen LogP contribution in [-0.2, 0) is 5.60 Å². The van der Waals surface area contributed by atoms with E-state index in [-0.39, 0.29) is 11.4 Å². The number of nitrogens with two attached hydrogens (primary N) is 2. The van der Waals surface area contributed by atoms with E-state index in [2.05, 4.69) is 20.2 Å². The van der Waals surface area contributed by atoms with Crippen molar-refractivity contribution in [2.24, 2.45) is 5.73 Å². The van der Waals surface area contributed by atoms with Gasteiger partial charge < -0.3 is 21.5 Å². The maximum absolute atomic E-state index is 12.4. The second-order valence-electron chi connectivity index (χ2n) is 9.90. The summed E-state index contributed by atoms with van der Waals surface area (Å²) >= 11 is 0. The van der Waals surface area contributed by atoms with Crippen molar-refractivity contribution in [1.82, 2.24) is 25.1 Å². The van der Waals surface area contributed by atoms with Crippen molar-refractivity contribution in [3.05, 3.63) is 83.8 Å². The number of carbonyl (C=O) groups is 1. The van der Waals surface area contributed by atoms with Gasteiger partial charge in [-0.1, -0.05) is 36.4 Å². The lowest BCUT2D eigenvalue weighted by Crippen LogP contribution is -2.43. The number of anilines is 2. The molecule has 6 rings (SSSR count). The summed E-state index contributed by atoms with van der Waals surface area (Å²) in [7, 11) is 0. The minimum Gasteiger partial charge on any atom is -0.396 e. The molecule has 1 fully saturated rings. The number of piperidine rings is 1. The van der Waals surface area contributed by atoms with Gasteiger partial charge in [0.15, 0.2) is 5.69 Å². The summed E-state index contributed by atoms with van der Waals surface area (Å²) in [5.74, 6) is -0.199. The number of fused-ring (bicyclic) bond motifs is 1. The van der Waals surface area contributed by atoms with E-state index in [0.717, 1.165) is 27.6 Å². The van der Waals surface area contributed by atoms with Crippen LogP contribution in [0.2, 0.25) is 0 Å². The lowest BCUT2D eigenvalue weighted by Gasteiger charge is -2.38. The highest BCUT2D eigenvalue weighted by Gasteiger charge is 2.34. The summed E-state index contributed by atoms with van der Waals surface area (Å²) in [6, 6.07) is 17.2. The highest BCUT2D eigenvalue weighted by Crippen LogP contribution is 2.38. The zero-order valence-corrected chi connectivity index (χ0v) is 21.4. The lowest BCUT2D eigenvalue weighted by molar-refractivity contribution is 0.0115. The second-order valence-corrected chi connectivity index (χ2v) is 9.90. The summed E-state index contributed by atoms with van der Waals surface area (Å²) in [5.41, 5.74) is 16.6. The van der Waals surface area contributed by atoms with Gasteiger partial charge in [0.1, 0.15) is 0 Å². The number of benzene rings is 2. The molecule has 3 aromatic heterocycles. The van der Waals surface area contributed by atoms with Crippen LogP contribution in [0.4, 0.5) is 11.6 Å². The van der Waals surface area contributed by atoms with E-state index < -0.39 is 11.5 Å². The van der Waals surface area contributed by atoms with Crippen molar-refractivity contribution >= 4 is 28.4 Å². The molecule has 0 bridgehead atoms. The molecular formula is C29H28N8O2. The zero-order valence-electron chi connectivity index (χ0n) is 21.4. The number of aryl methyl sites for hydroxylation is 1. The van der Waals surface area contributed by atoms with Crippen molar-refractivity contribution in [2.45, 2.75) is 25.4 Å². The fraction of sp³-hybridized carbons (Fsp3) is 0.207. The van der Waals surface area contributed by atoms with Gasteiger partial charge in [-0.3, -0.25) is 9.89 Å². The van der Waals surface area contributed by atoms with Gasteiger partial charge in [-0.15, -0.1) is 0 Å². The molecule has 4 heterocycles. The molecule has 0 atom stereocenters. The third kappa shape index (κ3) is 4.34. The number of carbonyl (C=O) groups excluding carboxylic acids is 1. The van der Waals surface area contributed by atoms with E-state index >= 15 is 0 Å². The van der Waals surface area contributed by atoms with Crippen LogP contribution in [0.15, 0.2) is 67.0 Å². The molecule has 1 aliphatic heterocycles. The van der Waals surface area contributed by atoms with Crippen molar-refractivity contribution in [3.8, 4) is 22.5 Å². The Balaban J connectivity index is 1.37. The molecule has 0 aliphatic carbocycles. The summed E-state index contributed by atoms with van der Waals surface area (Å²) < 4.78 is 0. The molecule has 10 heteroatoms. The number of aromatic amines is 1. The van der Waals surface area contributed by atoms with E-state index in [9.17, 15) is 9.90 Å². The number of H-pyrrole nitrogens is 1. The molecule has 2 aromatic carbocycles. The molecule has 0 radical (unpaired) electrons. The van der Waals surface area contributed by atoms with E-state index in [4.69, 9.17) is 16.5 Å². The first-order valence-electron chi connectivity index (χ1n) is 12.7. The van der Waals surface area contributed by atoms with Crippen LogP contribution in [0.1, 0.15) is 34.5 Å². The summed E-state index contributed by atoms with van der Waals surface area (Å²) in [4.78, 5) is 28.2. The Morgan fingerprint density at radius 3 is 2.56 bits per heavy atom. The summed E-state index contributed by atoms with van der Waals surface area (Å²) in [6.07, 6.45) is 4.50. The molecule has 0 spiro atoms. The summed E-state index contributed by atoms with van der Waals surface area (Å²) in [6.45, 7) is 3.15. The number of aliphatic hydroxyl groups is 1. The molecule has 10 nitrogen and oxygen atoms in total. The Kier molecular flexibility index (Phi) is 5.96. The third-order valence-electron chi connectivity index (χ3n) is 7.48. The van der Waals surface area contributed by atoms with E-state index in [1.54, 1.807) is 18.5 Å². The van der Waals surface area contributed by atoms with Gasteiger partial charge in [0.2, 0.25) is 5.95 Å². The van der Waals surface area contributed by atoms with Crippen molar-refractivity contribution < 1.29 is 9.90 Å². The van der Waals surface area contributed by atoms with Gasteiger partial charge in [0, 0.05) is 30.2 Å². The average Bonchev–Trinajstić information content (AvgIpc) is 3.43. The summed E-state index contributed by atoms with van der Waals surface area (Å²) in [5, 5.41) is 19.3. The molecule has 0 saturated carbocycles. The molecular weight excluding hydrogens is 492 g/mol. The molecule has 6 N–H and O–H groups in total. The lowest BCUT2D eigenvalue weighted by atomic mass is 9.84. The first kappa shape index (κ1) is 24.5. The van der Waals surface area contributed by atoms with Crippen LogP contribution >= 0.6 is 0 Å². The number of primary amides is 1. The number of nitrogen functional groups attached to an aromatic ring is 1. The van der Waals surface area contributed by atoms with Gasteiger partial charge in [-0.25, -0.2) is 15.0 Å². The minimum atomic E-state index is -0.884. The van der Waals surface area contributed by atoms with E-state index in [1.807, 2.05) is 60.4 Å². The van der Waals surface area contributed by atoms with Gasteiger partial charge >= 0.3 is 0 Å². The Morgan fingerprint density at radius 1 is 1.05 bits per heavy atom. The predicted molar refractivity (Wildman–Crippen MR) is 150 cm³/mol. The van der Waals surface area contributed by atoms with Crippen LogP contribution in [-0.4, -0.2) is 49.3 Å². The van der Waals surface area contributed by atoms with Crippen molar-refractivity contribution in [2.75, 3.05) is 23.7 Å². The SMILES string of the molecule is Cc1ccc2[nH]ncc2c1-c1cc(-c2ccnc(N3CCC(O)(c4ccccc4)CC3)n2)nc(C(N)=O)c1N. The maximum Gasteiger partial charge on any atom is 0.269 e. The Labute approximate surface area is 224 Å². The number of aromatic nitrogens is 5. The largest absolute Gasteiger partial charge is 0.396 e. The number of amides is 1. The van der Waals surface area contributed by atoms with Crippen LogP contribution < -0.4 is 16.4 Å². The molecule has 5 aromatic rings. The molecule has 1 aliphatic rings. The Bertz CT molecular complexity index is 1690. The monoisotopic (exact) mass is 520 g/mol. The second kappa shape index (κ2) is 9.48. The number of nitrogens with zero attached hydrogens (tertiary/aromatic N) is 5. The Morgan fingerprint density at radius 2 is 1.82 bits per heavy atom. The molecule has 1 amide bonds. The van der Waals surface area contributed by atoms with Crippen LogP contribution in [0.5, 0.6) is 0 Å². The van der Waals surface area contributed by atoms with Gasteiger partial charge in [-0.05, 0) is 54.7 Å². The molecule has 196 valence electrons. The number of pyridine rings is 1. The third-order valence-corrected chi connectivity index (χ3v) is 7.48.